The Morgan fingerprint density at radius 1 is 1.41 bits per heavy atom. The Labute approximate surface area is 131 Å². The summed E-state index contributed by atoms with van der Waals surface area (Å²) in [5, 5.41) is 4.37. The molecule has 4 heteroatoms. The van der Waals surface area contributed by atoms with Gasteiger partial charge in [-0.1, -0.05) is 19.9 Å². The molecule has 22 heavy (non-hydrogen) atoms. The summed E-state index contributed by atoms with van der Waals surface area (Å²) in [6.45, 7) is 7.01. The van der Waals surface area contributed by atoms with Crippen molar-refractivity contribution >= 4 is 16.8 Å². The van der Waals surface area contributed by atoms with E-state index in [0.717, 1.165) is 42.5 Å². The summed E-state index contributed by atoms with van der Waals surface area (Å²) in [5.74, 6) is 0.597. The fourth-order valence-corrected chi connectivity index (χ4v) is 3.07. The Hall–Kier alpha value is -1.94. The molecule has 0 bridgehead atoms. The summed E-state index contributed by atoms with van der Waals surface area (Å²) in [6.07, 6.45) is 2.81. The first-order valence-corrected chi connectivity index (χ1v) is 8.01. The third-order valence-electron chi connectivity index (χ3n) is 4.15. The van der Waals surface area contributed by atoms with E-state index in [1.165, 1.54) is 0 Å². The third kappa shape index (κ3) is 3.12. The van der Waals surface area contributed by atoms with Gasteiger partial charge in [0.05, 0.1) is 5.52 Å². The summed E-state index contributed by atoms with van der Waals surface area (Å²) in [6, 6.07) is 10.0. The van der Waals surface area contributed by atoms with Crippen molar-refractivity contribution in [3.05, 3.63) is 42.1 Å². The highest BCUT2D eigenvalue weighted by atomic mass is 16.2. The summed E-state index contributed by atoms with van der Waals surface area (Å²) >= 11 is 0. The van der Waals surface area contributed by atoms with Crippen molar-refractivity contribution < 1.29 is 4.79 Å². The van der Waals surface area contributed by atoms with Gasteiger partial charge in [-0.25, -0.2) is 0 Å². The molecule has 1 amide bonds. The second-order valence-electron chi connectivity index (χ2n) is 6.41. The van der Waals surface area contributed by atoms with Crippen molar-refractivity contribution in [3.8, 4) is 0 Å². The fraction of sp³-hybridized carbons (Fsp3) is 0.444. The van der Waals surface area contributed by atoms with Crippen molar-refractivity contribution in [1.82, 2.24) is 15.2 Å². The van der Waals surface area contributed by atoms with Gasteiger partial charge in [-0.3, -0.25) is 9.78 Å². The van der Waals surface area contributed by atoms with Gasteiger partial charge in [0.2, 0.25) is 0 Å². The maximum Gasteiger partial charge on any atom is 0.254 e. The number of carbonyl (C=O) groups excluding carboxylic acids is 1. The quantitative estimate of drug-likeness (QED) is 0.943. The number of rotatable bonds is 4. The van der Waals surface area contributed by atoms with Gasteiger partial charge in [0.25, 0.3) is 5.91 Å². The Balaban J connectivity index is 1.89. The summed E-state index contributed by atoms with van der Waals surface area (Å²) in [4.78, 5) is 19.4. The van der Waals surface area contributed by atoms with Crippen LogP contribution in [0, 0.1) is 5.92 Å². The van der Waals surface area contributed by atoms with E-state index in [-0.39, 0.29) is 5.91 Å². The Morgan fingerprint density at radius 3 is 3.00 bits per heavy atom. The topological polar surface area (TPSA) is 45.2 Å². The zero-order chi connectivity index (χ0) is 15.5. The lowest BCUT2D eigenvalue weighted by molar-refractivity contribution is 0.0667. The van der Waals surface area contributed by atoms with Crippen LogP contribution >= 0.6 is 0 Å². The summed E-state index contributed by atoms with van der Waals surface area (Å²) in [7, 11) is 0. The maximum absolute atomic E-state index is 13.0. The highest BCUT2D eigenvalue weighted by Gasteiger charge is 2.27. The van der Waals surface area contributed by atoms with Gasteiger partial charge in [0.15, 0.2) is 0 Å². The van der Waals surface area contributed by atoms with Crippen LogP contribution < -0.4 is 5.32 Å². The van der Waals surface area contributed by atoms with Crippen LogP contribution in [0.25, 0.3) is 10.9 Å². The normalized spacial score (nSPS) is 18.0. The number of hydrogen-bond acceptors (Lipinski definition) is 3. The monoisotopic (exact) mass is 297 g/mol. The molecule has 2 heterocycles. The Kier molecular flexibility index (Phi) is 4.39. The first kappa shape index (κ1) is 15.0. The van der Waals surface area contributed by atoms with Gasteiger partial charge in [-0.2, -0.15) is 0 Å². The predicted molar refractivity (Wildman–Crippen MR) is 88.9 cm³/mol. The summed E-state index contributed by atoms with van der Waals surface area (Å²) in [5.41, 5.74) is 1.69. The van der Waals surface area contributed by atoms with Crippen LogP contribution in [0.5, 0.6) is 0 Å². The van der Waals surface area contributed by atoms with E-state index in [0.29, 0.717) is 12.0 Å². The highest BCUT2D eigenvalue weighted by molar-refractivity contribution is 5.98. The van der Waals surface area contributed by atoms with Crippen molar-refractivity contribution in [2.45, 2.75) is 26.3 Å². The second-order valence-corrected chi connectivity index (χ2v) is 6.41. The van der Waals surface area contributed by atoms with Crippen molar-refractivity contribution in [1.29, 1.82) is 0 Å². The van der Waals surface area contributed by atoms with Gasteiger partial charge >= 0.3 is 0 Å². The van der Waals surface area contributed by atoms with E-state index in [2.05, 4.69) is 24.1 Å². The average molecular weight is 297 g/mol. The molecule has 1 unspecified atom stereocenters. The SMILES string of the molecule is CC(C)CN(C(=O)c1ccc2ncccc2c1)C1CCNC1. The number of pyridine rings is 1. The minimum atomic E-state index is 0.133. The van der Waals surface area contributed by atoms with Gasteiger partial charge in [0, 0.05) is 36.3 Å². The zero-order valence-electron chi connectivity index (χ0n) is 13.2. The molecule has 0 saturated carbocycles. The molecule has 0 spiro atoms. The number of benzene rings is 1. The lowest BCUT2D eigenvalue weighted by atomic mass is 10.1. The molecular formula is C18H23N3O. The maximum atomic E-state index is 13.0. The predicted octanol–water partition coefficient (Wildman–Crippen LogP) is 2.69. The Morgan fingerprint density at radius 2 is 2.27 bits per heavy atom. The number of amides is 1. The van der Waals surface area contributed by atoms with E-state index in [9.17, 15) is 4.79 Å². The third-order valence-corrected chi connectivity index (χ3v) is 4.15. The number of carbonyl (C=O) groups is 1. The zero-order valence-corrected chi connectivity index (χ0v) is 13.2. The van der Waals surface area contributed by atoms with Crippen LogP contribution in [0.2, 0.25) is 0 Å². The molecule has 0 aliphatic carbocycles. The lowest BCUT2D eigenvalue weighted by Crippen LogP contribution is -2.43. The lowest BCUT2D eigenvalue weighted by Gasteiger charge is -2.30. The average Bonchev–Trinajstić information content (AvgIpc) is 3.05. The molecule has 0 radical (unpaired) electrons. The van der Waals surface area contributed by atoms with E-state index in [1.54, 1.807) is 6.20 Å². The van der Waals surface area contributed by atoms with Crippen LogP contribution in [0.15, 0.2) is 36.5 Å². The Bertz CT molecular complexity index is 662. The number of hydrogen-bond donors (Lipinski definition) is 1. The molecule has 4 nitrogen and oxygen atoms in total. The van der Waals surface area contributed by atoms with E-state index in [4.69, 9.17) is 0 Å². The van der Waals surface area contributed by atoms with Crippen LogP contribution in [0.4, 0.5) is 0 Å². The fourth-order valence-electron chi connectivity index (χ4n) is 3.07. The number of nitrogens with one attached hydrogen (secondary N) is 1. The number of nitrogens with zero attached hydrogens (tertiary/aromatic N) is 2. The molecule has 1 aromatic heterocycles. The smallest absolute Gasteiger partial charge is 0.254 e. The molecule has 1 atom stereocenters. The highest BCUT2D eigenvalue weighted by Crippen LogP contribution is 2.19. The van der Waals surface area contributed by atoms with Crippen LogP contribution in [0.1, 0.15) is 30.6 Å². The second kappa shape index (κ2) is 6.44. The first-order chi connectivity index (χ1) is 10.6. The molecular weight excluding hydrogens is 274 g/mol. The largest absolute Gasteiger partial charge is 0.334 e. The molecule has 1 aliphatic heterocycles. The molecule has 116 valence electrons. The number of fused-ring (bicyclic) bond motifs is 1. The standard InChI is InChI=1S/C18H23N3O/c1-13(2)12-21(16-7-9-19-11-16)18(22)15-5-6-17-14(10-15)4-3-8-20-17/h3-6,8,10,13,16,19H,7,9,11-12H2,1-2H3. The molecule has 1 aliphatic rings. The molecule has 1 saturated heterocycles. The number of aromatic nitrogens is 1. The van der Waals surface area contributed by atoms with Gasteiger partial charge < -0.3 is 10.2 Å². The van der Waals surface area contributed by atoms with Crippen molar-refractivity contribution in [3.63, 3.8) is 0 Å². The molecule has 3 rings (SSSR count). The first-order valence-electron chi connectivity index (χ1n) is 8.01. The minimum absolute atomic E-state index is 0.133. The van der Waals surface area contributed by atoms with E-state index >= 15 is 0 Å². The molecule has 2 aromatic rings. The van der Waals surface area contributed by atoms with Crippen molar-refractivity contribution in [2.24, 2.45) is 5.92 Å². The molecule has 1 aromatic carbocycles. The van der Waals surface area contributed by atoms with Crippen LogP contribution in [-0.4, -0.2) is 41.5 Å². The van der Waals surface area contributed by atoms with Gasteiger partial charge in [0.1, 0.15) is 0 Å². The van der Waals surface area contributed by atoms with Crippen LogP contribution in [-0.2, 0) is 0 Å². The van der Waals surface area contributed by atoms with E-state index < -0.39 is 0 Å². The van der Waals surface area contributed by atoms with Gasteiger partial charge in [-0.05, 0) is 43.1 Å². The van der Waals surface area contributed by atoms with Gasteiger partial charge in [-0.15, -0.1) is 0 Å². The molecule has 1 fully saturated rings. The van der Waals surface area contributed by atoms with Crippen molar-refractivity contribution in [2.75, 3.05) is 19.6 Å². The minimum Gasteiger partial charge on any atom is -0.334 e. The van der Waals surface area contributed by atoms with Crippen LogP contribution in [0.3, 0.4) is 0 Å². The summed E-state index contributed by atoms with van der Waals surface area (Å²) < 4.78 is 0. The molecule has 1 N–H and O–H groups in total. The van der Waals surface area contributed by atoms with E-state index in [1.807, 2.05) is 35.2 Å².